The number of rotatable bonds is 6. The molecular weight excluding hydrogens is 318 g/mol. The largest absolute Gasteiger partial charge is 0.497 e. The lowest BCUT2D eigenvalue weighted by Crippen LogP contribution is -2.25. The Morgan fingerprint density at radius 2 is 2.09 bits per heavy atom. The third kappa shape index (κ3) is 3.50. The van der Waals surface area contributed by atoms with Crippen LogP contribution in [0.3, 0.4) is 0 Å². The molecule has 3 N–H and O–H groups in total. The van der Waals surface area contributed by atoms with Gasteiger partial charge >= 0.3 is 0 Å². The highest BCUT2D eigenvalue weighted by atomic mass is 32.2. The summed E-state index contributed by atoms with van der Waals surface area (Å²) in [6, 6.07) is 4.58. The van der Waals surface area contributed by atoms with Gasteiger partial charge in [-0.3, -0.25) is 9.36 Å². The van der Waals surface area contributed by atoms with Gasteiger partial charge in [0, 0.05) is 6.07 Å². The molecule has 1 aromatic carbocycles. The van der Waals surface area contributed by atoms with Gasteiger partial charge in [-0.05, 0) is 25.3 Å². The van der Waals surface area contributed by atoms with Crippen LogP contribution < -0.4 is 20.5 Å². The van der Waals surface area contributed by atoms with Crippen molar-refractivity contribution in [3.63, 3.8) is 0 Å². The van der Waals surface area contributed by atoms with Crippen molar-refractivity contribution in [2.45, 2.75) is 18.1 Å². The number of nitrogens with two attached hydrogens (primary N) is 1. The Morgan fingerprint density at radius 3 is 2.70 bits per heavy atom. The number of anilines is 2. The van der Waals surface area contributed by atoms with E-state index in [0.717, 1.165) is 0 Å². The zero-order valence-corrected chi connectivity index (χ0v) is 14.2. The summed E-state index contributed by atoms with van der Waals surface area (Å²) in [5.41, 5.74) is 6.34. The number of benzene rings is 1. The number of aromatic nitrogens is 3. The quantitative estimate of drug-likeness (QED) is 0.774. The van der Waals surface area contributed by atoms with E-state index in [4.69, 9.17) is 15.2 Å². The first kappa shape index (κ1) is 16.9. The number of ether oxygens (including phenoxy) is 2. The molecule has 23 heavy (non-hydrogen) atoms. The summed E-state index contributed by atoms with van der Waals surface area (Å²) in [5.74, 6) is 1.08. The van der Waals surface area contributed by atoms with Gasteiger partial charge in [-0.25, -0.2) is 0 Å². The molecule has 2 aromatic rings. The molecule has 1 unspecified atom stereocenters. The zero-order valence-electron chi connectivity index (χ0n) is 13.4. The highest BCUT2D eigenvalue weighted by molar-refractivity contribution is 7.98. The number of hydrogen-bond acceptors (Lipinski definition) is 7. The monoisotopic (exact) mass is 337 g/mol. The molecular formula is C14H19N5O3S. The number of thioether (sulfide) groups is 1. The maximum Gasteiger partial charge on any atom is 0.247 e. The molecule has 0 spiro atoms. The summed E-state index contributed by atoms with van der Waals surface area (Å²) in [5, 5.41) is 11.1. The number of carbonyl (C=O) groups excluding carboxylic acids is 1. The number of hydrogen-bond donors (Lipinski definition) is 2. The van der Waals surface area contributed by atoms with E-state index in [2.05, 4.69) is 15.5 Å². The first-order valence-electron chi connectivity index (χ1n) is 6.79. The van der Waals surface area contributed by atoms with Gasteiger partial charge in [0.2, 0.25) is 11.9 Å². The molecule has 0 saturated carbocycles. The van der Waals surface area contributed by atoms with Crippen molar-refractivity contribution >= 4 is 29.3 Å². The fourth-order valence-corrected chi connectivity index (χ4v) is 2.62. The Bertz CT molecular complexity index is 704. The molecule has 124 valence electrons. The maximum atomic E-state index is 12.5. The molecule has 0 aliphatic heterocycles. The van der Waals surface area contributed by atoms with Gasteiger partial charge in [-0.1, -0.05) is 11.8 Å². The number of amides is 1. The van der Waals surface area contributed by atoms with E-state index in [1.807, 2.05) is 6.26 Å². The van der Waals surface area contributed by atoms with Crippen LogP contribution in [0, 0.1) is 0 Å². The maximum absolute atomic E-state index is 12.5. The summed E-state index contributed by atoms with van der Waals surface area (Å²) >= 11 is 1.37. The van der Waals surface area contributed by atoms with Gasteiger partial charge < -0.3 is 20.5 Å². The molecule has 0 aliphatic carbocycles. The predicted octanol–water partition coefficient (Wildman–Crippen LogP) is 1.80. The molecule has 0 aliphatic rings. The number of nitrogens with zero attached hydrogens (tertiary/aromatic N) is 3. The van der Waals surface area contributed by atoms with Crippen molar-refractivity contribution in [1.82, 2.24) is 14.8 Å². The second-order valence-corrected chi connectivity index (χ2v) is 5.42. The lowest BCUT2D eigenvalue weighted by Gasteiger charge is -2.17. The molecule has 1 amide bonds. The SMILES string of the molecule is COc1ccc(NC(=O)C(C)n2c(N)nnc2SC)c(OC)c1. The summed E-state index contributed by atoms with van der Waals surface area (Å²) < 4.78 is 12.0. The van der Waals surface area contributed by atoms with E-state index in [1.165, 1.54) is 18.9 Å². The zero-order chi connectivity index (χ0) is 17.0. The normalized spacial score (nSPS) is 11.8. The van der Waals surface area contributed by atoms with Crippen LogP contribution in [-0.4, -0.2) is 41.1 Å². The Morgan fingerprint density at radius 1 is 1.35 bits per heavy atom. The average Bonchev–Trinajstić information content (AvgIpc) is 2.95. The summed E-state index contributed by atoms with van der Waals surface area (Å²) in [6.45, 7) is 1.73. The van der Waals surface area contributed by atoms with Gasteiger partial charge in [0.1, 0.15) is 17.5 Å². The Kier molecular flexibility index (Phi) is 5.32. The highest BCUT2D eigenvalue weighted by Gasteiger charge is 2.22. The van der Waals surface area contributed by atoms with Crippen molar-refractivity contribution in [3.8, 4) is 11.5 Å². The predicted molar refractivity (Wildman–Crippen MR) is 89.1 cm³/mol. The van der Waals surface area contributed by atoms with Crippen LogP contribution in [0.5, 0.6) is 11.5 Å². The first-order chi connectivity index (χ1) is 11.0. The molecule has 1 aromatic heterocycles. The second-order valence-electron chi connectivity index (χ2n) is 4.65. The Hall–Kier alpha value is -2.42. The number of carbonyl (C=O) groups is 1. The minimum Gasteiger partial charge on any atom is -0.497 e. The van der Waals surface area contributed by atoms with Crippen LogP contribution in [0.25, 0.3) is 0 Å². The molecule has 8 nitrogen and oxygen atoms in total. The number of methoxy groups -OCH3 is 2. The Labute approximate surface area is 138 Å². The van der Waals surface area contributed by atoms with Gasteiger partial charge in [0.15, 0.2) is 5.16 Å². The molecule has 0 saturated heterocycles. The highest BCUT2D eigenvalue weighted by Crippen LogP contribution is 2.30. The fraction of sp³-hybridized carbons (Fsp3) is 0.357. The second kappa shape index (κ2) is 7.23. The third-order valence-corrected chi connectivity index (χ3v) is 3.95. The van der Waals surface area contributed by atoms with E-state index >= 15 is 0 Å². The number of nitrogens with one attached hydrogen (secondary N) is 1. The topological polar surface area (TPSA) is 104 Å². The van der Waals surface area contributed by atoms with Gasteiger partial charge in [0.25, 0.3) is 0 Å². The average molecular weight is 337 g/mol. The summed E-state index contributed by atoms with van der Waals surface area (Å²) in [6.07, 6.45) is 1.84. The molecule has 2 rings (SSSR count). The smallest absolute Gasteiger partial charge is 0.247 e. The minimum absolute atomic E-state index is 0.193. The third-order valence-electron chi connectivity index (χ3n) is 3.31. The van der Waals surface area contributed by atoms with Gasteiger partial charge in [0.05, 0.1) is 19.9 Å². The van der Waals surface area contributed by atoms with Gasteiger partial charge in [-0.15, -0.1) is 10.2 Å². The summed E-state index contributed by atoms with van der Waals surface area (Å²) in [4.78, 5) is 12.5. The molecule has 9 heteroatoms. The van der Waals surface area contributed by atoms with E-state index < -0.39 is 6.04 Å². The lowest BCUT2D eigenvalue weighted by molar-refractivity contribution is -0.118. The van der Waals surface area contributed by atoms with Crippen LogP contribution in [0.2, 0.25) is 0 Å². The number of nitrogen functional groups attached to an aromatic ring is 1. The van der Waals surface area contributed by atoms with Gasteiger partial charge in [-0.2, -0.15) is 0 Å². The van der Waals surface area contributed by atoms with Crippen molar-refractivity contribution in [2.75, 3.05) is 31.5 Å². The molecule has 0 radical (unpaired) electrons. The minimum atomic E-state index is -0.570. The fourth-order valence-electron chi connectivity index (χ4n) is 2.05. The van der Waals surface area contributed by atoms with E-state index in [9.17, 15) is 4.79 Å². The molecule has 1 heterocycles. The van der Waals surface area contributed by atoms with Crippen molar-refractivity contribution < 1.29 is 14.3 Å². The van der Waals surface area contributed by atoms with Crippen LogP contribution >= 0.6 is 11.8 Å². The molecule has 1 atom stereocenters. The van der Waals surface area contributed by atoms with Crippen molar-refractivity contribution in [2.24, 2.45) is 0 Å². The van der Waals surface area contributed by atoms with E-state index in [0.29, 0.717) is 22.3 Å². The van der Waals surface area contributed by atoms with Crippen LogP contribution in [0.1, 0.15) is 13.0 Å². The standard InChI is InChI=1S/C14H19N5O3S/c1-8(19-13(15)17-18-14(19)23-4)12(20)16-10-6-5-9(21-2)7-11(10)22-3/h5-8H,1-4H3,(H2,15,17)(H,16,20). The Balaban J connectivity index is 2.23. The van der Waals surface area contributed by atoms with Crippen molar-refractivity contribution in [3.05, 3.63) is 18.2 Å². The van der Waals surface area contributed by atoms with Crippen LogP contribution in [0.4, 0.5) is 11.6 Å². The first-order valence-corrected chi connectivity index (χ1v) is 8.01. The van der Waals surface area contributed by atoms with E-state index in [1.54, 1.807) is 36.8 Å². The van der Waals surface area contributed by atoms with Crippen LogP contribution in [0.15, 0.2) is 23.4 Å². The molecule has 0 bridgehead atoms. The van der Waals surface area contributed by atoms with Crippen LogP contribution in [-0.2, 0) is 4.79 Å². The lowest BCUT2D eigenvalue weighted by atomic mass is 10.2. The summed E-state index contributed by atoms with van der Waals surface area (Å²) in [7, 11) is 3.09. The molecule has 0 fully saturated rings. The van der Waals surface area contributed by atoms with E-state index in [-0.39, 0.29) is 11.9 Å². The van der Waals surface area contributed by atoms with Crippen molar-refractivity contribution in [1.29, 1.82) is 0 Å².